The van der Waals surface area contributed by atoms with E-state index in [1.165, 1.54) is 9.80 Å². The fourth-order valence-electron chi connectivity index (χ4n) is 8.02. The summed E-state index contributed by atoms with van der Waals surface area (Å²) in [7, 11) is 0. The van der Waals surface area contributed by atoms with Crippen molar-refractivity contribution in [3.63, 3.8) is 0 Å². The number of fused-ring (bicyclic) bond motifs is 2. The Bertz CT molecular complexity index is 1950. The van der Waals surface area contributed by atoms with E-state index in [2.05, 4.69) is 29.8 Å². The summed E-state index contributed by atoms with van der Waals surface area (Å²) in [5.41, 5.74) is 3.08. The molecule has 0 aliphatic carbocycles. The van der Waals surface area contributed by atoms with Gasteiger partial charge in [-0.3, -0.25) is 29.0 Å². The highest BCUT2D eigenvalue weighted by molar-refractivity contribution is 9.10. The van der Waals surface area contributed by atoms with Gasteiger partial charge in [0.1, 0.15) is 0 Å². The number of benzene rings is 5. The highest BCUT2D eigenvalue weighted by atomic mass is 79.9. The first-order valence-corrected chi connectivity index (χ1v) is 16.6. The lowest BCUT2D eigenvalue weighted by atomic mass is 9.80. The van der Waals surface area contributed by atoms with Gasteiger partial charge in [-0.15, -0.1) is 0 Å². The summed E-state index contributed by atoms with van der Waals surface area (Å²) in [6, 6.07) is 11.1. The maximum absolute atomic E-state index is 14.1. The van der Waals surface area contributed by atoms with Crippen molar-refractivity contribution >= 4 is 82.6 Å². The van der Waals surface area contributed by atoms with Gasteiger partial charge >= 0.3 is 0 Å². The number of carbonyl (C=O) groups is 4. The standard InChI is InChI=1S/C37H35BrN2O4/c1-6-10-19(8-3)39-34(41)23-15-13-22-31-27(38)17-26-30-24(35(42)40(37(26)44)20(9-4)11-7-2)14-12-21(33(30)31)28-18(5)16-25(36(39)43)29(23)32(22)28/h12-17,19-20H,6-11H2,1-5H3. The van der Waals surface area contributed by atoms with Gasteiger partial charge in [0.05, 0.1) is 0 Å². The summed E-state index contributed by atoms with van der Waals surface area (Å²) < 4.78 is 0.748. The third kappa shape index (κ3) is 3.65. The molecule has 0 fully saturated rings. The van der Waals surface area contributed by atoms with Crippen LogP contribution in [0.2, 0.25) is 0 Å². The summed E-state index contributed by atoms with van der Waals surface area (Å²) in [6.45, 7) is 10.2. The molecule has 5 aromatic carbocycles. The number of amides is 4. The van der Waals surface area contributed by atoms with E-state index in [1.807, 2.05) is 57.2 Å². The molecule has 2 aliphatic heterocycles. The lowest BCUT2D eigenvalue weighted by Crippen LogP contribution is -2.47. The van der Waals surface area contributed by atoms with Gasteiger partial charge in [0.25, 0.3) is 23.6 Å². The molecule has 5 aromatic rings. The third-order valence-corrected chi connectivity index (χ3v) is 10.6. The van der Waals surface area contributed by atoms with E-state index < -0.39 is 0 Å². The van der Waals surface area contributed by atoms with Gasteiger partial charge in [0.2, 0.25) is 0 Å². The number of hydrogen-bond acceptors (Lipinski definition) is 4. The quantitative estimate of drug-likeness (QED) is 0.0953. The monoisotopic (exact) mass is 650 g/mol. The number of imide groups is 2. The second kappa shape index (κ2) is 10.4. The van der Waals surface area contributed by atoms with Crippen LogP contribution in [0.4, 0.5) is 0 Å². The first kappa shape index (κ1) is 28.9. The molecule has 7 rings (SSSR count). The molecule has 0 saturated heterocycles. The molecule has 44 heavy (non-hydrogen) atoms. The summed E-state index contributed by atoms with van der Waals surface area (Å²) in [5, 5.41) is 6.73. The Kier molecular flexibility index (Phi) is 6.81. The van der Waals surface area contributed by atoms with Gasteiger partial charge in [-0.2, -0.15) is 0 Å². The fourth-order valence-corrected chi connectivity index (χ4v) is 8.66. The Morgan fingerprint density at radius 1 is 0.568 bits per heavy atom. The number of halogens is 1. The van der Waals surface area contributed by atoms with Crippen LogP contribution in [0.1, 0.15) is 113 Å². The second-order valence-electron chi connectivity index (χ2n) is 12.4. The van der Waals surface area contributed by atoms with Crippen LogP contribution < -0.4 is 0 Å². The van der Waals surface area contributed by atoms with E-state index in [-0.39, 0.29) is 35.7 Å². The zero-order valence-electron chi connectivity index (χ0n) is 25.8. The molecule has 6 nitrogen and oxygen atoms in total. The largest absolute Gasteiger partial charge is 0.271 e. The van der Waals surface area contributed by atoms with Gasteiger partial charge in [0.15, 0.2) is 0 Å². The van der Waals surface area contributed by atoms with Crippen LogP contribution in [-0.2, 0) is 0 Å². The van der Waals surface area contributed by atoms with Gasteiger partial charge in [0, 0.05) is 60.4 Å². The maximum Gasteiger partial charge on any atom is 0.261 e. The molecule has 0 aromatic heterocycles. The summed E-state index contributed by atoms with van der Waals surface area (Å²) >= 11 is 3.82. The summed E-state index contributed by atoms with van der Waals surface area (Å²) in [4.78, 5) is 59.0. The molecular weight excluding hydrogens is 616 g/mol. The minimum atomic E-state index is -0.256. The maximum atomic E-state index is 14.1. The van der Waals surface area contributed by atoms with Gasteiger partial charge < -0.3 is 0 Å². The molecule has 0 N–H and O–H groups in total. The lowest BCUT2D eigenvalue weighted by Gasteiger charge is -2.35. The van der Waals surface area contributed by atoms with Crippen LogP contribution in [-0.4, -0.2) is 45.5 Å². The molecule has 2 unspecified atom stereocenters. The van der Waals surface area contributed by atoms with Crippen molar-refractivity contribution in [3.05, 3.63) is 68.7 Å². The zero-order valence-corrected chi connectivity index (χ0v) is 27.4. The van der Waals surface area contributed by atoms with Crippen LogP contribution in [0.15, 0.2) is 40.9 Å². The minimum absolute atomic E-state index is 0.152. The summed E-state index contributed by atoms with van der Waals surface area (Å²) in [5.74, 6) is -0.982. The van der Waals surface area contributed by atoms with Crippen molar-refractivity contribution < 1.29 is 19.2 Å². The molecule has 224 valence electrons. The average molecular weight is 652 g/mol. The molecule has 0 spiro atoms. The molecule has 4 amide bonds. The van der Waals surface area contributed by atoms with E-state index in [0.717, 1.165) is 68.0 Å². The van der Waals surface area contributed by atoms with Crippen LogP contribution >= 0.6 is 15.9 Å². The Labute approximate surface area is 264 Å². The Balaban J connectivity index is 1.58. The summed E-state index contributed by atoms with van der Waals surface area (Å²) in [6.07, 6.45) is 4.69. The Morgan fingerprint density at radius 2 is 1.00 bits per heavy atom. The van der Waals surface area contributed by atoms with Crippen LogP contribution in [0, 0.1) is 6.92 Å². The average Bonchev–Trinajstić information content (AvgIpc) is 3.01. The van der Waals surface area contributed by atoms with Gasteiger partial charge in [-0.05, 0) is 84.0 Å². The van der Waals surface area contributed by atoms with Crippen LogP contribution in [0.25, 0.3) is 43.1 Å². The lowest BCUT2D eigenvalue weighted by molar-refractivity contribution is 0.0510. The van der Waals surface area contributed by atoms with Crippen LogP contribution in [0.5, 0.6) is 0 Å². The molecular formula is C37H35BrN2O4. The van der Waals surface area contributed by atoms with Crippen LogP contribution in [0.3, 0.4) is 0 Å². The van der Waals surface area contributed by atoms with Gasteiger partial charge in [-0.1, -0.05) is 68.6 Å². The van der Waals surface area contributed by atoms with Crippen molar-refractivity contribution in [2.75, 3.05) is 0 Å². The van der Waals surface area contributed by atoms with E-state index in [9.17, 15) is 19.2 Å². The van der Waals surface area contributed by atoms with E-state index in [0.29, 0.717) is 45.9 Å². The normalized spacial score (nSPS) is 16.4. The minimum Gasteiger partial charge on any atom is -0.271 e. The van der Waals surface area contributed by atoms with E-state index >= 15 is 0 Å². The topological polar surface area (TPSA) is 74.8 Å². The molecule has 2 atom stereocenters. The second-order valence-corrected chi connectivity index (χ2v) is 13.2. The number of hydrogen-bond donors (Lipinski definition) is 0. The highest BCUT2D eigenvalue weighted by Crippen LogP contribution is 2.49. The van der Waals surface area contributed by atoms with E-state index in [4.69, 9.17) is 0 Å². The fraction of sp³-hybridized carbons (Fsp3) is 0.351. The Hall–Kier alpha value is -3.84. The highest BCUT2D eigenvalue weighted by Gasteiger charge is 2.40. The van der Waals surface area contributed by atoms with Crippen molar-refractivity contribution in [2.45, 2.75) is 85.2 Å². The molecule has 7 heteroatoms. The number of nitrogens with zero attached hydrogens (tertiary/aromatic N) is 2. The molecule has 0 bridgehead atoms. The molecule has 0 radical (unpaired) electrons. The number of rotatable bonds is 8. The first-order valence-electron chi connectivity index (χ1n) is 15.9. The smallest absolute Gasteiger partial charge is 0.261 e. The number of aryl methyl sites for hydroxylation is 1. The van der Waals surface area contributed by atoms with Crippen molar-refractivity contribution in [1.29, 1.82) is 0 Å². The van der Waals surface area contributed by atoms with E-state index in [1.54, 1.807) is 0 Å². The van der Waals surface area contributed by atoms with Gasteiger partial charge in [-0.25, -0.2) is 0 Å². The van der Waals surface area contributed by atoms with Crippen molar-refractivity contribution in [2.24, 2.45) is 0 Å². The molecule has 2 aliphatic rings. The predicted molar refractivity (Wildman–Crippen MR) is 179 cm³/mol. The SMILES string of the molecule is CCCC(CC)N1C(=O)c2ccc3c4c(Br)cc5c6c(ccc(c7c(C)cc(c2c37)C1=O)c64)C(=O)N(C(CC)CCC)C5=O. The van der Waals surface area contributed by atoms with Crippen molar-refractivity contribution in [3.8, 4) is 0 Å². The predicted octanol–water partition coefficient (Wildman–Crippen LogP) is 9.16. The molecule has 0 saturated carbocycles. The zero-order chi connectivity index (χ0) is 31.2. The molecule has 2 heterocycles. The van der Waals surface area contributed by atoms with Crippen molar-refractivity contribution in [1.82, 2.24) is 9.80 Å². The Morgan fingerprint density at radius 3 is 1.48 bits per heavy atom. The first-order chi connectivity index (χ1) is 21.2. The number of carbonyl (C=O) groups excluding carboxylic acids is 4. The third-order valence-electron chi connectivity index (χ3n) is 9.97.